The molecule has 0 aliphatic carbocycles. The molecule has 1 N–H and O–H groups in total. The smallest absolute Gasteiger partial charge is 0.337 e. The Hall–Kier alpha value is -2.07. The molecule has 1 aromatic heterocycles. The predicted octanol–water partition coefficient (Wildman–Crippen LogP) is 3.38. The Morgan fingerprint density at radius 3 is 2.65 bits per heavy atom. The fourth-order valence-corrected chi connectivity index (χ4v) is 2.40. The number of nitrogens with zero attached hydrogens (tertiary/aromatic N) is 2. The normalized spacial score (nSPS) is 10.3. The molecule has 0 unspecified atom stereocenters. The van der Waals surface area contributed by atoms with Crippen LogP contribution in [0.3, 0.4) is 0 Å². The lowest BCUT2D eigenvalue weighted by Crippen LogP contribution is -2.20. The molecule has 0 radical (unpaired) electrons. The second kappa shape index (κ2) is 5.92. The van der Waals surface area contributed by atoms with E-state index in [2.05, 4.69) is 4.98 Å². The molecule has 104 valence electrons. The Morgan fingerprint density at radius 2 is 2.00 bits per heavy atom. The molecule has 2 aromatic rings. The molecule has 0 spiro atoms. The highest BCUT2D eigenvalue weighted by atomic mass is 35.5. The molecule has 0 amide bonds. The standard InChI is InChI=1S/C15H15ClN2O2/c1-10-5-3-6-11(17-10)9-18(2)14-12(15(19)20)7-4-8-13(14)16/h3-8H,9H2,1-2H3,(H,19,20). The minimum Gasteiger partial charge on any atom is -0.478 e. The second-order valence-corrected chi connectivity index (χ2v) is 4.97. The minimum absolute atomic E-state index is 0.188. The van der Waals surface area contributed by atoms with E-state index < -0.39 is 5.97 Å². The quantitative estimate of drug-likeness (QED) is 0.938. The second-order valence-electron chi connectivity index (χ2n) is 4.57. The average molecular weight is 291 g/mol. The Bertz CT molecular complexity index is 644. The van der Waals surface area contributed by atoms with Crippen molar-refractivity contribution in [2.24, 2.45) is 0 Å². The van der Waals surface area contributed by atoms with Gasteiger partial charge in [-0.3, -0.25) is 4.98 Å². The van der Waals surface area contributed by atoms with Crippen molar-refractivity contribution in [2.45, 2.75) is 13.5 Å². The molecule has 20 heavy (non-hydrogen) atoms. The largest absolute Gasteiger partial charge is 0.478 e. The number of pyridine rings is 1. The maximum absolute atomic E-state index is 11.3. The molecule has 1 aromatic carbocycles. The lowest BCUT2D eigenvalue weighted by atomic mass is 10.1. The SMILES string of the molecule is Cc1cccc(CN(C)c2c(Cl)cccc2C(=O)O)n1. The average Bonchev–Trinajstić information content (AvgIpc) is 2.38. The van der Waals surface area contributed by atoms with Crippen molar-refractivity contribution in [3.05, 3.63) is 58.4 Å². The van der Waals surface area contributed by atoms with E-state index in [9.17, 15) is 9.90 Å². The lowest BCUT2D eigenvalue weighted by Gasteiger charge is -2.22. The summed E-state index contributed by atoms with van der Waals surface area (Å²) >= 11 is 6.14. The maximum Gasteiger partial charge on any atom is 0.337 e. The van der Waals surface area contributed by atoms with Crippen LogP contribution in [0.15, 0.2) is 36.4 Å². The molecular weight excluding hydrogens is 276 g/mol. The third-order valence-electron chi connectivity index (χ3n) is 2.94. The number of rotatable bonds is 4. The Morgan fingerprint density at radius 1 is 1.30 bits per heavy atom. The number of carboxylic acids is 1. The minimum atomic E-state index is -0.994. The maximum atomic E-state index is 11.3. The van der Waals surface area contributed by atoms with Gasteiger partial charge in [0.05, 0.1) is 28.5 Å². The number of anilines is 1. The van der Waals surface area contributed by atoms with Gasteiger partial charge in [-0.25, -0.2) is 4.79 Å². The Balaban J connectivity index is 2.34. The summed E-state index contributed by atoms with van der Waals surface area (Å²) in [5, 5.41) is 9.66. The first-order valence-electron chi connectivity index (χ1n) is 6.14. The van der Waals surface area contributed by atoms with Crippen LogP contribution in [0.25, 0.3) is 0 Å². The molecule has 0 aliphatic heterocycles. The van der Waals surface area contributed by atoms with Crippen molar-refractivity contribution >= 4 is 23.3 Å². The van der Waals surface area contributed by atoms with Gasteiger partial charge in [0.2, 0.25) is 0 Å². The van der Waals surface area contributed by atoms with E-state index in [0.29, 0.717) is 17.3 Å². The van der Waals surface area contributed by atoms with Gasteiger partial charge in [-0.15, -0.1) is 0 Å². The summed E-state index contributed by atoms with van der Waals surface area (Å²) in [7, 11) is 1.80. The number of carbonyl (C=O) groups is 1. The Kier molecular flexibility index (Phi) is 4.25. The zero-order valence-corrected chi connectivity index (χ0v) is 12.1. The van der Waals surface area contributed by atoms with Crippen LogP contribution < -0.4 is 4.90 Å². The summed E-state index contributed by atoms with van der Waals surface area (Å²) in [4.78, 5) is 17.5. The number of benzene rings is 1. The number of aromatic nitrogens is 1. The number of halogens is 1. The van der Waals surface area contributed by atoms with Crippen LogP contribution in [-0.2, 0) is 6.54 Å². The molecule has 2 rings (SSSR count). The molecule has 4 nitrogen and oxygen atoms in total. The number of hydrogen-bond acceptors (Lipinski definition) is 3. The fraction of sp³-hybridized carbons (Fsp3) is 0.200. The lowest BCUT2D eigenvalue weighted by molar-refractivity contribution is 0.0697. The van der Waals surface area contributed by atoms with E-state index in [-0.39, 0.29) is 5.56 Å². The van der Waals surface area contributed by atoms with E-state index in [1.54, 1.807) is 30.1 Å². The molecule has 5 heteroatoms. The van der Waals surface area contributed by atoms with Gasteiger partial charge in [0, 0.05) is 12.7 Å². The number of hydrogen-bond donors (Lipinski definition) is 1. The highest BCUT2D eigenvalue weighted by molar-refractivity contribution is 6.34. The van der Waals surface area contributed by atoms with Gasteiger partial charge in [0.15, 0.2) is 0 Å². The number of aryl methyl sites for hydroxylation is 1. The van der Waals surface area contributed by atoms with Crippen LogP contribution in [0.2, 0.25) is 5.02 Å². The van der Waals surface area contributed by atoms with Crippen LogP contribution >= 0.6 is 11.6 Å². The predicted molar refractivity (Wildman–Crippen MR) is 79.5 cm³/mol. The van der Waals surface area contributed by atoms with Crippen LogP contribution in [-0.4, -0.2) is 23.1 Å². The topological polar surface area (TPSA) is 53.4 Å². The zero-order valence-electron chi connectivity index (χ0n) is 11.3. The van der Waals surface area contributed by atoms with Crippen molar-refractivity contribution in [2.75, 3.05) is 11.9 Å². The number of aromatic carboxylic acids is 1. The highest BCUT2D eigenvalue weighted by Crippen LogP contribution is 2.30. The molecule has 0 aliphatic rings. The van der Waals surface area contributed by atoms with Gasteiger partial charge in [0.1, 0.15) is 0 Å². The van der Waals surface area contributed by atoms with Crippen LogP contribution in [0, 0.1) is 6.92 Å². The third kappa shape index (κ3) is 3.08. The molecule has 0 fully saturated rings. The van der Waals surface area contributed by atoms with Gasteiger partial charge in [-0.05, 0) is 31.2 Å². The third-order valence-corrected chi connectivity index (χ3v) is 3.25. The molecular formula is C15H15ClN2O2. The summed E-state index contributed by atoms with van der Waals surface area (Å²) in [6, 6.07) is 10.6. The molecule has 0 bridgehead atoms. The number of para-hydroxylation sites is 1. The zero-order chi connectivity index (χ0) is 14.7. The first-order valence-corrected chi connectivity index (χ1v) is 6.52. The molecule has 0 saturated heterocycles. The summed E-state index contributed by atoms with van der Waals surface area (Å²) < 4.78 is 0. The summed E-state index contributed by atoms with van der Waals surface area (Å²) in [5.41, 5.74) is 2.48. The van der Waals surface area contributed by atoms with Crippen molar-refractivity contribution in [1.29, 1.82) is 0 Å². The molecule has 0 atom stereocenters. The van der Waals surface area contributed by atoms with Gasteiger partial charge >= 0.3 is 5.97 Å². The van der Waals surface area contributed by atoms with E-state index in [0.717, 1.165) is 11.4 Å². The van der Waals surface area contributed by atoms with Crippen LogP contribution in [0.5, 0.6) is 0 Å². The van der Waals surface area contributed by atoms with E-state index in [1.165, 1.54) is 0 Å². The monoisotopic (exact) mass is 290 g/mol. The summed E-state index contributed by atoms with van der Waals surface area (Å²) in [6.07, 6.45) is 0. The summed E-state index contributed by atoms with van der Waals surface area (Å²) in [5.74, 6) is -0.994. The van der Waals surface area contributed by atoms with Gasteiger partial charge in [0.25, 0.3) is 0 Å². The molecule has 1 heterocycles. The first kappa shape index (κ1) is 14.3. The fourth-order valence-electron chi connectivity index (χ4n) is 2.09. The van der Waals surface area contributed by atoms with Crippen molar-refractivity contribution < 1.29 is 9.90 Å². The van der Waals surface area contributed by atoms with Crippen molar-refractivity contribution in [3.63, 3.8) is 0 Å². The Labute approximate surface area is 122 Å². The highest BCUT2D eigenvalue weighted by Gasteiger charge is 2.17. The van der Waals surface area contributed by atoms with E-state index >= 15 is 0 Å². The van der Waals surface area contributed by atoms with Crippen molar-refractivity contribution in [1.82, 2.24) is 4.98 Å². The van der Waals surface area contributed by atoms with Gasteiger partial charge in [-0.2, -0.15) is 0 Å². The first-order chi connectivity index (χ1) is 9.49. The summed E-state index contributed by atoms with van der Waals surface area (Å²) in [6.45, 7) is 2.41. The van der Waals surface area contributed by atoms with E-state index in [1.807, 2.05) is 25.1 Å². The molecule has 0 saturated carbocycles. The van der Waals surface area contributed by atoms with E-state index in [4.69, 9.17) is 11.6 Å². The van der Waals surface area contributed by atoms with Gasteiger partial charge in [-0.1, -0.05) is 23.7 Å². The number of carboxylic acid groups (broad SMARTS) is 1. The van der Waals surface area contributed by atoms with Crippen LogP contribution in [0.4, 0.5) is 5.69 Å². The van der Waals surface area contributed by atoms with Crippen LogP contribution in [0.1, 0.15) is 21.7 Å². The van der Waals surface area contributed by atoms with Gasteiger partial charge < -0.3 is 10.0 Å². The van der Waals surface area contributed by atoms with Crippen molar-refractivity contribution in [3.8, 4) is 0 Å².